The fraction of sp³-hybridized carbons (Fsp3) is 0.333. The Kier molecular flexibility index (Phi) is 5.81. The molecule has 2 aromatic heterocycles. The van der Waals surface area contributed by atoms with Crippen molar-refractivity contribution in [1.82, 2.24) is 18.7 Å². The van der Waals surface area contributed by atoms with E-state index in [1.165, 1.54) is 0 Å². The monoisotopic (exact) mass is 546 g/mol. The van der Waals surface area contributed by atoms with E-state index in [9.17, 15) is 10.1 Å². The number of alkyl halides is 1. The number of fused-ring (bicyclic) bond motifs is 1. The van der Waals surface area contributed by atoms with Gasteiger partial charge in [0.15, 0.2) is 0 Å². The van der Waals surface area contributed by atoms with Crippen molar-refractivity contribution in [2.24, 2.45) is 5.73 Å². The SMILES string of the molecule is N#Cc1cc(N[C@@H]2CCCC[C@@H]2N)nc(Nc2ccc3cn[nH]c3c2)c1C(=O)OI1CN1. The number of hydrogen-bond donors (Lipinski definition) is 5. The Morgan fingerprint density at radius 3 is 2.94 bits per heavy atom. The summed E-state index contributed by atoms with van der Waals surface area (Å²) in [5, 5.41) is 24.3. The number of H-pyrrole nitrogens is 1. The predicted octanol–water partition coefficient (Wildman–Crippen LogP) is 3.31. The second-order valence-corrected chi connectivity index (χ2v) is 11.6. The summed E-state index contributed by atoms with van der Waals surface area (Å²) in [6, 6.07) is 9.49. The van der Waals surface area contributed by atoms with Crippen LogP contribution in [0, 0.1) is 11.3 Å². The van der Waals surface area contributed by atoms with Crippen molar-refractivity contribution in [3.05, 3.63) is 41.6 Å². The van der Waals surface area contributed by atoms with Gasteiger partial charge < -0.3 is 0 Å². The van der Waals surface area contributed by atoms with Crippen LogP contribution >= 0.6 is 20.5 Å². The molecule has 2 atom stereocenters. The second kappa shape index (κ2) is 8.89. The molecule has 6 N–H and O–H groups in total. The molecule has 166 valence electrons. The Labute approximate surface area is 192 Å². The summed E-state index contributed by atoms with van der Waals surface area (Å²) in [6.07, 6.45) is 5.83. The Hall–Kier alpha value is -2.95. The average molecular weight is 546 g/mol. The van der Waals surface area contributed by atoms with E-state index in [2.05, 4.69) is 35.4 Å². The molecule has 1 aromatic carbocycles. The molecule has 32 heavy (non-hydrogen) atoms. The average Bonchev–Trinajstić information content (AvgIpc) is 3.48. The third-order valence-electron chi connectivity index (χ3n) is 5.61. The molecule has 0 bridgehead atoms. The first kappa shape index (κ1) is 20.9. The van der Waals surface area contributed by atoms with Crippen molar-refractivity contribution in [2.75, 3.05) is 15.2 Å². The normalized spacial score (nSPS) is 21.1. The van der Waals surface area contributed by atoms with Gasteiger partial charge in [-0.3, -0.25) is 0 Å². The molecule has 1 saturated heterocycles. The van der Waals surface area contributed by atoms with E-state index in [0.717, 1.165) is 41.1 Å². The van der Waals surface area contributed by atoms with Crippen LogP contribution in [-0.4, -0.2) is 37.8 Å². The fourth-order valence-electron chi connectivity index (χ4n) is 3.88. The van der Waals surface area contributed by atoms with Gasteiger partial charge in [-0.2, -0.15) is 0 Å². The zero-order chi connectivity index (χ0) is 22.1. The molecule has 1 saturated carbocycles. The van der Waals surface area contributed by atoms with Gasteiger partial charge in [0.2, 0.25) is 0 Å². The van der Waals surface area contributed by atoms with Crippen LogP contribution in [0.15, 0.2) is 30.5 Å². The molecule has 1 aliphatic heterocycles. The molecule has 10 nitrogen and oxygen atoms in total. The third kappa shape index (κ3) is 4.47. The van der Waals surface area contributed by atoms with E-state index < -0.39 is 26.5 Å². The van der Waals surface area contributed by atoms with Gasteiger partial charge in [-0.1, -0.05) is 0 Å². The van der Waals surface area contributed by atoms with Gasteiger partial charge in [0.1, 0.15) is 0 Å². The van der Waals surface area contributed by atoms with Gasteiger partial charge in [0.25, 0.3) is 0 Å². The molecule has 3 aromatic rings. The molecule has 0 radical (unpaired) electrons. The third-order valence-corrected chi connectivity index (χ3v) is 7.92. The number of carbonyl (C=O) groups excluding carboxylic acids is 1. The minimum absolute atomic E-state index is 0.0210. The summed E-state index contributed by atoms with van der Waals surface area (Å²) in [4.78, 5) is 17.6. The van der Waals surface area contributed by atoms with E-state index in [0.29, 0.717) is 11.5 Å². The van der Waals surface area contributed by atoms with Crippen LogP contribution in [0.5, 0.6) is 0 Å². The van der Waals surface area contributed by atoms with E-state index in [1.54, 1.807) is 12.3 Å². The number of pyridine rings is 1. The van der Waals surface area contributed by atoms with Gasteiger partial charge in [-0.15, -0.1) is 0 Å². The van der Waals surface area contributed by atoms with Crippen molar-refractivity contribution in [3.63, 3.8) is 0 Å². The van der Waals surface area contributed by atoms with E-state index >= 15 is 0 Å². The standard InChI is InChI=1S/C21H23IN8O2/c23-9-13-7-18(28-16-4-2-1-3-15(16)24)29-20(19(13)21(31)32-22-11-25-22)27-14-6-5-12-10-26-30-17(12)8-14/h5-8,10,15-16,25H,1-4,11,24H2,(H,26,30)(H2,27,28,29)/t15-,16+/m0/s1. The van der Waals surface area contributed by atoms with Crippen molar-refractivity contribution >= 4 is 54.7 Å². The van der Waals surface area contributed by atoms with Gasteiger partial charge in [-0.25, -0.2) is 0 Å². The minimum atomic E-state index is -1.84. The molecule has 11 heteroatoms. The van der Waals surface area contributed by atoms with E-state index in [1.807, 2.05) is 18.2 Å². The number of nitrogens with two attached hydrogens (primary N) is 1. The second-order valence-electron chi connectivity index (χ2n) is 7.84. The fourth-order valence-corrected chi connectivity index (χ4v) is 5.80. The van der Waals surface area contributed by atoms with Gasteiger partial charge >= 0.3 is 193 Å². The Balaban J connectivity index is 1.52. The van der Waals surface area contributed by atoms with Crippen LogP contribution in [-0.2, 0) is 3.07 Å². The maximum absolute atomic E-state index is 12.9. The summed E-state index contributed by atoms with van der Waals surface area (Å²) in [5.41, 5.74) is 8.19. The number of halogens is 1. The van der Waals surface area contributed by atoms with Crippen LogP contribution in [0.2, 0.25) is 0 Å². The van der Waals surface area contributed by atoms with Crippen LogP contribution < -0.4 is 19.9 Å². The molecule has 0 unspecified atom stereocenters. The maximum atomic E-state index is 12.9. The number of anilines is 3. The van der Waals surface area contributed by atoms with Crippen molar-refractivity contribution in [2.45, 2.75) is 37.8 Å². The number of nitrogens with zero attached hydrogens (tertiary/aromatic N) is 3. The molecule has 2 aliphatic rings. The van der Waals surface area contributed by atoms with Crippen LogP contribution in [0.3, 0.4) is 0 Å². The number of aromatic amines is 1. The molecular formula is C21H23IN8O2. The summed E-state index contributed by atoms with van der Waals surface area (Å²) in [5.74, 6) is 0.252. The molecule has 5 rings (SSSR count). The van der Waals surface area contributed by atoms with Gasteiger partial charge in [0, 0.05) is 0 Å². The van der Waals surface area contributed by atoms with Crippen LogP contribution in [0.4, 0.5) is 17.3 Å². The van der Waals surface area contributed by atoms with E-state index in [4.69, 9.17) is 8.80 Å². The van der Waals surface area contributed by atoms with Crippen molar-refractivity contribution < 1.29 is 7.86 Å². The number of aromatic nitrogens is 3. The molecule has 3 heterocycles. The molecular weight excluding hydrogens is 523 g/mol. The Morgan fingerprint density at radius 2 is 2.16 bits per heavy atom. The van der Waals surface area contributed by atoms with Crippen LogP contribution in [0.25, 0.3) is 10.9 Å². The zero-order valence-corrected chi connectivity index (χ0v) is 19.3. The van der Waals surface area contributed by atoms with Crippen molar-refractivity contribution in [1.29, 1.82) is 5.26 Å². The summed E-state index contributed by atoms with van der Waals surface area (Å²) in [7, 11) is 0. The van der Waals surface area contributed by atoms with Gasteiger partial charge in [-0.05, 0) is 0 Å². The molecule has 1 aliphatic carbocycles. The molecule has 2 fully saturated rings. The molecule has 0 amide bonds. The van der Waals surface area contributed by atoms with E-state index in [-0.39, 0.29) is 29.0 Å². The number of hydrogen-bond acceptors (Lipinski definition) is 9. The first-order chi connectivity index (χ1) is 15.6. The summed E-state index contributed by atoms with van der Waals surface area (Å²) < 4.78 is 9.39. The number of nitrogens with one attached hydrogen (secondary N) is 4. The molecule has 0 spiro atoms. The van der Waals surface area contributed by atoms with Crippen LogP contribution in [0.1, 0.15) is 41.6 Å². The Bertz CT molecular complexity index is 1200. The van der Waals surface area contributed by atoms with Crippen molar-refractivity contribution in [3.8, 4) is 6.07 Å². The first-order valence-corrected chi connectivity index (χ1v) is 13.9. The quantitative estimate of drug-likeness (QED) is 0.103. The topological polar surface area (TPSA) is 164 Å². The number of carbonyl (C=O) groups is 1. The zero-order valence-electron chi connectivity index (χ0n) is 17.2. The number of benzene rings is 1. The number of nitriles is 1. The Morgan fingerprint density at radius 1 is 1.31 bits per heavy atom. The summed E-state index contributed by atoms with van der Waals surface area (Å²) >= 11 is -1.84. The number of rotatable bonds is 6. The van der Waals surface area contributed by atoms with Gasteiger partial charge in [0.05, 0.1) is 0 Å². The first-order valence-electron chi connectivity index (χ1n) is 10.4. The summed E-state index contributed by atoms with van der Waals surface area (Å²) in [6.45, 7) is 0. The predicted molar refractivity (Wildman–Crippen MR) is 130 cm³/mol.